The first-order valence-corrected chi connectivity index (χ1v) is 9.26. The highest BCUT2D eigenvalue weighted by atomic mass is 35.5. The molecule has 3 aromatic rings. The van der Waals surface area contributed by atoms with Crippen molar-refractivity contribution in [2.24, 2.45) is 0 Å². The van der Waals surface area contributed by atoms with Crippen LogP contribution in [0.2, 0.25) is 15.1 Å². The van der Waals surface area contributed by atoms with E-state index in [1.807, 2.05) is 0 Å². The molecule has 3 rings (SSSR count). The van der Waals surface area contributed by atoms with Gasteiger partial charge in [0.2, 0.25) is 0 Å². The van der Waals surface area contributed by atoms with Crippen LogP contribution in [0, 0.1) is 0 Å². The fraction of sp³-hybridized carbons (Fsp3) is 0.158. The maximum absolute atomic E-state index is 12.8. The van der Waals surface area contributed by atoms with Gasteiger partial charge in [0.25, 0.3) is 5.91 Å². The summed E-state index contributed by atoms with van der Waals surface area (Å²) in [4.78, 5) is 12.8. The Bertz CT molecular complexity index is 978. The zero-order chi connectivity index (χ0) is 20.3. The summed E-state index contributed by atoms with van der Waals surface area (Å²) in [5.74, 6) is 0.477. The van der Waals surface area contributed by atoms with E-state index in [0.29, 0.717) is 33.7 Å². The van der Waals surface area contributed by atoms with Gasteiger partial charge in [-0.25, -0.2) is 0 Å². The number of halogens is 3. The van der Waals surface area contributed by atoms with Gasteiger partial charge in [-0.15, -0.1) is 0 Å². The Morgan fingerprint density at radius 2 is 1.57 bits per heavy atom. The van der Waals surface area contributed by atoms with Crippen LogP contribution >= 0.6 is 34.8 Å². The van der Waals surface area contributed by atoms with Crippen molar-refractivity contribution in [2.45, 2.75) is 6.54 Å². The molecule has 2 aromatic carbocycles. The van der Waals surface area contributed by atoms with Gasteiger partial charge in [0, 0.05) is 21.8 Å². The molecule has 28 heavy (non-hydrogen) atoms. The van der Waals surface area contributed by atoms with E-state index in [2.05, 4.69) is 10.4 Å². The van der Waals surface area contributed by atoms with Crippen LogP contribution in [0.1, 0.15) is 15.9 Å². The van der Waals surface area contributed by atoms with Gasteiger partial charge in [-0.2, -0.15) is 5.10 Å². The van der Waals surface area contributed by atoms with Crippen LogP contribution in [0.15, 0.2) is 42.6 Å². The molecule has 6 nitrogen and oxygen atoms in total. The van der Waals surface area contributed by atoms with E-state index in [1.165, 1.54) is 14.2 Å². The molecule has 146 valence electrons. The van der Waals surface area contributed by atoms with Crippen LogP contribution in [0.4, 0.5) is 5.82 Å². The SMILES string of the molecule is COc1cccc(OC)c1C(=O)Nc1nn(Cc2c(Cl)cccc2Cl)cc1Cl. The predicted molar refractivity (Wildman–Crippen MR) is 110 cm³/mol. The summed E-state index contributed by atoms with van der Waals surface area (Å²) in [6, 6.07) is 10.3. The molecule has 0 aliphatic rings. The van der Waals surface area contributed by atoms with E-state index in [4.69, 9.17) is 44.3 Å². The fourth-order valence-electron chi connectivity index (χ4n) is 2.65. The van der Waals surface area contributed by atoms with Gasteiger partial charge >= 0.3 is 0 Å². The minimum Gasteiger partial charge on any atom is -0.496 e. The summed E-state index contributed by atoms with van der Waals surface area (Å²) in [6.45, 7) is 0.298. The molecule has 0 saturated carbocycles. The van der Waals surface area contributed by atoms with E-state index >= 15 is 0 Å². The fourth-order valence-corrected chi connectivity index (χ4v) is 3.37. The number of anilines is 1. The topological polar surface area (TPSA) is 65.4 Å². The Morgan fingerprint density at radius 1 is 1.00 bits per heavy atom. The minimum absolute atomic E-state index is 0.197. The first-order valence-electron chi connectivity index (χ1n) is 8.12. The van der Waals surface area contributed by atoms with E-state index in [-0.39, 0.29) is 16.4 Å². The highest BCUT2D eigenvalue weighted by Crippen LogP contribution is 2.31. The molecule has 9 heteroatoms. The van der Waals surface area contributed by atoms with Crippen molar-refractivity contribution in [3.8, 4) is 11.5 Å². The Hall–Kier alpha value is -2.41. The largest absolute Gasteiger partial charge is 0.496 e. The lowest BCUT2D eigenvalue weighted by Gasteiger charge is -2.12. The molecule has 0 spiro atoms. The summed E-state index contributed by atoms with van der Waals surface area (Å²) in [5, 5.41) is 8.30. The minimum atomic E-state index is -0.461. The average molecular weight is 441 g/mol. The molecule has 1 amide bonds. The normalized spacial score (nSPS) is 10.6. The van der Waals surface area contributed by atoms with Gasteiger partial charge < -0.3 is 14.8 Å². The Balaban J connectivity index is 1.86. The molecule has 1 aromatic heterocycles. The zero-order valence-electron chi connectivity index (χ0n) is 15.0. The Kier molecular flexibility index (Phi) is 6.34. The standard InChI is InChI=1S/C19H16Cl3N3O3/c1-27-15-7-4-8-16(28-2)17(15)19(26)23-18-14(22)10-25(24-18)9-11-12(20)5-3-6-13(11)21/h3-8,10H,9H2,1-2H3,(H,23,24,26). The molecule has 0 atom stereocenters. The molecule has 0 radical (unpaired) electrons. The van der Waals surface area contributed by atoms with Gasteiger partial charge in [-0.1, -0.05) is 46.9 Å². The van der Waals surface area contributed by atoms with Gasteiger partial charge in [0.1, 0.15) is 22.1 Å². The highest BCUT2D eigenvalue weighted by Gasteiger charge is 2.21. The summed E-state index contributed by atoms with van der Waals surface area (Å²) in [5.41, 5.74) is 0.946. The number of nitrogens with one attached hydrogen (secondary N) is 1. The van der Waals surface area contributed by atoms with Crippen LogP contribution in [-0.2, 0) is 6.54 Å². The van der Waals surface area contributed by atoms with Gasteiger partial charge in [0.15, 0.2) is 5.82 Å². The van der Waals surface area contributed by atoms with Crippen molar-refractivity contribution in [3.63, 3.8) is 0 Å². The first-order chi connectivity index (χ1) is 13.4. The van der Waals surface area contributed by atoms with E-state index in [9.17, 15) is 4.79 Å². The van der Waals surface area contributed by atoms with Crippen LogP contribution in [-0.4, -0.2) is 29.9 Å². The Labute approximate surface area is 176 Å². The third-order valence-corrected chi connectivity index (χ3v) is 4.97. The second-order valence-electron chi connectivity index (χ2n) is 5.72. The van der Waals surface area contributed by atoms with Gasteiger partial charge in [0.05, 0.1) is 20.8 Å². The number of carbonyl (C=O) groups excluding carboxylic acids is 1. The van der Waals surface area contributed by atoms with E-state index in [1.54, 1.807) is 47.3 Å². The average Bonchev–Trinajstić information content (AvgIpc) is 3.03. The van der Waals surface area contributed by atoms with Crippen LogP contribution in [0.5, 0.6) is 11.5 Å². The number of rotatable bonds is 6. The maximum atomic E-state index is 12.8. The van der Waals surface area contributed by atoms with Gasteiger partial charge in [-0.05, 0) is 24.3 Å². The number of amides is 1. The molecule has 0 aliphatic carbocycles. The summed E-state index contributed by atoms with van der Waals surface area (Å²) < 4.78 is 12.1. The number of nitrogens with zero attached hydrogens (tertiary/aromatic N) is 2. The molecule has 0 fully saturated rings. The second-order valence-corrected chi connectivity index (χ2v) is 6.94. The Morgan fingerprint density at radius 3 is 2.14 bits per heavy atom. The quantitative estimate of drug-likeness (QED) is 0.575. The molecule has 1 heterocycles. The number of aromatic nitrogens is 2. The van der Waals surface area contributed by atoms with Crippen LogP contribution < -0.4 is 14.8 Å². The second kappa shape index (κ2) is 8.73. The van der Waals surface area contributed by atoms with Crippen molar-refractivity contribution in [1.29, 1.82) is 0 Å². The number of methoxy groups -OCH3 is 2. The van der Waals surface area contributed by atoms with Crippen molar-refractivity contribution in [3.05, 3.63) is 68.8 Å². The van der Waals surface area contributed by atoms with Crippen LogP contribution in [0.25, 0.3) is 0 Å². The molecule has 0 saturated heterocycles. The number of hydrogen-bond acceptors (Lipinski definition) is 4. The highest BCUT2D eigenvalue weighted by molar-refractivity contribution is 6.36. The van der Waals surface area contributed by atoms with Gasteiger partial charge in [-0.3, -0.25) is 9.48 Å². The lowest BCUT2D eigenvalue weighted by atomic mass is 10.1. The number of benzene rings is 2. The molecule has 0 bridgehead atoms. The predicted octanol–water partition coefficient (Wildman–Crippen LogP) is 5.16. The zero-order valence-corrected chi connectivity index (χ0v) is 17.3. The maximum Gasteiger partial charge on any atom is 0.264 e. The van der Waals surface area contributed by atoms with Crippen LogP contribution in [0.3, 0.4) is 0 Å². The smallest absolute Gasteiger partial charge is 0.264 e. The monoisotopic (exact) mass is 439 g/mol. The molecular weight excluding hydrogens is 425 g/mol. The van der Waals surface area contributed by atoms with Crippen molar-refractivity contribution in [2.75, 3.05) is 19.5 Å². The third-order valence-electron chi connectivity index (χ3n) is 3.99. The molecule has 1 N–H and O–H groups in total. The number of hydrogen-bond donors (Lipinski definition) is 1. The summed E-state index contributed by atoms with van der Waals surface area (Å²) in [6.07, 6.45) is 1.58. The molecular formula is C19H16Cl3N3O3. The summed E-state index contributed by atoms with van der Waals surface area (Å²) >= 11 is 18.6. The van der Waals surface area contributed by atoms with E-state index in [0.717, 1.165) is 0 Å². The van der Waals surface area contributed by atoms with E-state index < -0.39 is 5.91 Å². The van der Waals surface area contributed by atoms with Crippen molar-refractivity contribution < 1.29 is 14.3 Å². The number of ether oxygens (including phenoxy) is 2. The van der Waals surface area contributed by atoms with Crippen molar-refractivity contribution in [1.82, 2.24) is 9.78 Å². The first kappa shape index (κ1) is 20.3. The summed E-state index contributed by atoms with van der Waals surface area (Å²) in [7, 11) is 2.95. The lowest BCUT2D eigenvalue weighted by molar-refractivity contribution is 0.102. The molecule has 0 unspecified atom stereocenters. The lowest BCUT2D eigenvalue weighted by Crippen LogP contribution is -2.15. The number of carbonyl (C=O) groups is 1. The van der Waals surface area contributed by atoms with Crippen molar-refractivity contribution >= 4 is 46.5 Å². The third kappa shape index (κ3) is 4.19. The molecule has 0 aliphatic heterocycles.